The predicted octanol–water partition coefficient (Wildman–Crippen LogP) is -4.24. The maximum Gasteiger partial charge on any atom is 0.315 e. The molecule has 0 spiro atoms. The standard InChI is InChI=1S/2C6H5N5O3/c2*7-6-10-2-1(3(12)11-6)8-4(13)5(14)9-2/h2*(H,8,13)(H4,7,9,10,11,12,14). The van der Waals surface area contributed by atoms with Crippen LogP contribution in [0.1, 0.15) is 0 Å². The summed E-state index contributed by atoms with van der Waals surface area (Å²) in [5, 5.41) is 0. The van der Waals surface area contributed by atoms with Crippen LogP contribution < -0.4 is 44.8 Å². The van der Waals surface area contributed by atoms with Crippen LogP contribution in [0, 0.1) is 0 Å². The highest BCUT2D eigenvalue weighted by Gasteiger charge is 2.05. The molecule has 0 bridgehead atoms. The number of nitrogens with two attached hydrogens (primary N) is 2. The van der Waals surface area contributed by atoms with Gasteiger partial charge < -0.3 is 31.4 Å². The lowest BCUT2D eigenvalue weighted by atomic mass is 10.5. The zero-order chi connectivity index (χ0) is 20.6. The lowest BCUT2D eigenvalue weighted by molar-refractivity contribution is 1.07. The van der Waals surface area contributed by atoms with Crippen molar-refractivity contribution in [1.82, 2.24) is 39.9 Å². The summed E-state index contributed by atoms with van der Waals surface area (Å²) in [6.45, 7) is 0. The second kappa shape index (κ2) is 6.52. The predicted molar refractivity (Wildman–Crippen MR) is 96.0 cm³/mol. The smallest absolute Gasteiger partial charge is 0.315 e. The van der Waals surface area contributed by atoms with Crippen molar-refractivity contribution >= 4 is 34.2 Å². The highest BCUT2D eigenvalue weighted by Crippen LogP contribution is 1.95. The van der Waals surface area contributed by atoms with Crippen molar-refractivity contribution < 1.29 is 0 Å². The molecule has 10 N–H and O–H groups in total. The number of nitrogens with zero attached hydrogens (tertiary/aromatic N) is 2. The molecule has 28 heavy (non-hydrogen) atoms. The maximum absolute atomic E-state index is 11.2. The topological polar surface area (TPSA) is 275 Å². The SMILES string of the molecule is Nc1nc2[nH]c(=O)c(=O)[nH]c2c(=O)[nH]1.Nc1nc2[nH]c(=O)c(=O)[nH]c2c(=O)[nH]1. The van der Waals surface area contributed by atoms with Gasteiger partial charge >= 0.3 is 22.2 Å². The van der Waals surface area contributed by atoms with Crippen LogP contribution in [0.15, 0.2) is 28.8 Å². The molecule has 0 saturated carbocycles. The summed E-state index contributed by atoms with van der Waals surface area (Å²) in [7, 11) is 0. The van der Waals surface area contributed by atoms with Gasteiger partial charge in [0.25, 0.3) is 11.1 Å². The molecule has 0 radical (unpaired) electrons. The number of fused-ring (bicyclic) bond motifs is 2. The molecular weight excluding hydrogens is 380 g/mol. The van der Waals surface area contributed by atoms with Crippen molar-refractivity contribution in [3.05, 3.63) is 62.1 Å². The highest BCUT2D eigenvalue weighted by atomic mass is 16.2. The zero-order valence-corrected chi connectivity index (χ0v) is 13.5. The summed E-state index contributed by atoms with van der Waals surface area (Å²) in [4.78, 5) is 85.9. The molecule has 0 aromatic carbocycles. The molecule has 0 saturated heterocycles. The Morgan fingerprint density at radius 1 is 0.464 bits per heavy atom. The first-order chi connectivity index (χ1) is 13.2. The van der Waals surface area contributed by atoms with Gasteiger partial charge in [-0.15, -0.1) is 0 Å². The molecule has 4 aromatic rings. The molecule has 0 atom stereocenters. The van der Waals surface area contributed by atoms with E-state index in [0.717, 1.165) is 0 Å². The Hall–Kier alpha value is -4.76. The van der Waals surface area contributed by atoms with E-state index in [1.165, 1.54) is 0 Å². The molecule has 144 valence electrons. The Morgan fingerprint density at radius 2 is 0.786 bits per heavy atom. The fourth-order valence-electron chi connectivity index (χ4n) is 2.06. The van der Waals surface area contributed by atoms with Crippen molar-refractivity contribution in [3.8, 4) is 0 Å². The van der Waals surface area contributed by atoms with E-state index in [1.54, 1.807) is 0 Å². The normalized spacial score (nSPS) is 10.6. The second-order valence-corrected chi connectivity index (χ2v) is 5.17. The first kappa shape index (κ1) is 18.0. The number of aromatic nitrogens is 8. The van der Waals surface area contributed by atoms with Crippen LogP contribution in [0.3, 0.4) is 0 Å². The first-order valence-electron chi connectivity index (χ1n) is 7.20. The number of hydrogen-bond acceptors (Lipinski definition) is 10. The van der Waals surface area contributed by atoms with Crippen molar-refractivity contribution in [2.24, 2.45) is 0 Å². The molecule has 4 heterocycles. The lowest BCUT2D eigenvalue weighted by Gasteiger charge is -1.95. The summed E-state index contributed by atoms with van der Waals surface area (Å²) >= 11 is 0. The van der Waals surface area contributed by atoms with Gasteiger partial charge in [-0.05, 0) is 0 Å². The van der Waals surface area contributed by atoms with E-state index in [2.05, 4.69) is 39.9 Å². The van der Waals surface area contributed by atoms with E-state index < -0.39 is 33.4 Å². The number of H-pyrrole nitrogens is 6. The Bertz CT molecular complexity index is 1450. The second-order valence-electron chi connectivity index (χ2n) is 5.17. The number of anilines is 2. The van der Waals surface area contributed by atoms with Crippen LogP contribution >= 0.6 is 0 Å². The van der Waals surface area contributed by atoms with Crippen molar-refractivity contribution in [2.75, 3.05) is 11.5 Å². The molecule has 0 fully saturated rings. The van der Waals surface area contributed by atoms with Gasteiger partial charge in [0.05, 0.1) is 0 Å². The molecular formula is C12H10N10O6. The van der Waals surface area contributed by atoms with Crippen LogP contribution in [0.4, 0.5) is 11.9 Å². The van der Waals surface area contributed by atoms with Crippen LogP contribution in [0.5, 0.6) is 0 Å². The zero-order valence-electron chi connectivity index (χ0n) is 13.5. The van der Waals surface area contributed by atoms with Gasteiger partial charge in [0.15, 0.2) is 22.3 Å². The minimum absolute atomic E-state index is 0.0455. The summed E-state index contributed by atoms with van der Waals surface area (Å²) in [5.74, 6) is -0.268. The van der Waals surface area contributed by atoms with Crippen molar-refractivity contribution in [3.63, 3.8) is 0 Å². The highest BCUT2D eigenvalue weighted by molar-refractivity contribution is 5.69. The molecule has 4 aromatic heterocycles. The summed E-state index contributed by atoms with van der Waals surface area (Å²) in [6, 6.07) is 0. The van der Waals surface area contributed by atoms with Crippen molar-refractivity contribution in [2.45, 2.75) is 0 Å². The number of nitrogens with one attached hydrogen (secondary N) is 6. The van der Waals surface area contributed by atoms with Crippen LogP contribution in [0.25, 0.3) is 22.3 Å². The molecule has 0 unspecified atom stereocenters. The van der Waals surface area contributed by atoms with E-state index in [9.17, 15) is 28.8 Å². The Kier molecular flexibility index (Phi) is 4.20. The third kappa shape index (κ3) is 3.31. The third-order valence-corrected chi connectivity index (χ3v) is 3.23. The molecule has 0 aliphatic heterocycles. The summed E-state index contributed by atoms with van der Waals surface area (Å²) in [6.07, 6.45) is 0. The van der Waals surface area contributed by atoms with E-state index in [4.69, 9.17) is 11.5 Å². The maximum atomic E-state index is 11.2. The Balaban J connectivity index is 0.000000161. The van der Waals surface area contributed by atoms with E-state index in [0.29, 0.717) is 0 Å². The molecule has 0 aliphatic carbocycles. The molecule has 16 nitrogen and oxygen atoms in total. The molecule has 0 aliphatic rings. The number of hydrogen-bond donors (Lipinski definition) is 8. The van der Waals surface area contributed by atoms with Crippen LogP contribution in [0.2, 0.25) is 0 Å². The minimum Gasteiger partial charge on any atom is -0.369 e. The Morgan fingerprint density at radius 3 is 1.14 bits per heavy atom. The van der Waals surface area contributed by atoms with E-state index in [-0.39, 0.29) is 34.2 Å². The van der Waals surface area contributed by atoms with Crippen LogP contribution in [-0.4, -0.2) is 39.9 Å². The van der Waals surface area contributed by atoms with E-state index in [1.807, 2.05) is 0 Å². The van der Waals surface area contributed by atoms with Gasteiger partial charge in [-0.1, -0.05) is 0 Å². The third-order valence-electron chi connectivity index (χ3n) is 3.23. The number of rotatable bonds is 0. The summed E-state index contributed by atoms with van der Waals surface area (Å²) < 4.78 is 0. The first-order valence-corrected chi connectivity index (χ1v) is 7.20. The largest absolute Gasteiger partial charge is 0.369 e. The number of nitrogen functional groups attached to an aromatic ring is 2. The van der Waals surface area contributed by atoms with Gasteiger partial charge in [0.1, 0.15) is 0 Å². The lowest BCUT2D eigenvalue weighted by Crippen LogP contribution is -2.31. The van der Waals surface area contributed by atoms with Gasteiger partial charge in [0, 0.05) is 0 Å². The average Bonchev–Trinajstić information content (AvgIpc) is 2.59. The number of aromatic amines is 6. The Labute approximate surface area is 148 Å². The van der Waals surface area contributed by atoms with Gasteiger partial charge in [-0.2, -0.15) is 9.97 Å². The molecule has 16 heteroatoms. The minimum atomic E-state index is -0.908. The van der Waals surface area contributed by atoms with Crippen LogP contribution in [-0.2, 0) is 0 Å². The summed E-state index contributed by atoms with van der Waals surface area (Å²) in [5.41, 5.74) is 5.36. The quantitative estimate of drug-likeness (QED) is 0.134. The van der Waals surface area contributed by atoms with E-state index >= 15 is 0 Å². The van der Waals surface area contributed by atoms with Gasteiger partial charge in [0.2, 0.25) is 11.9 Å². The fraction of sp³-hybridized carbons (Fsp3) is 0. The molecule has 4 rings (SSSR count). The average molecular weight is 390 g/mol. The van der Waals surface area contributed by atoms with Gasteiger partial charge in [-0.3, -0.25) is 38.7 Å². The fourth-order valence-corrected chi connectivity index (χ4v) is 2.06. The van der Waals surface area contributed by atoms with Gasteiger partial charge in [-0.25, -0.2) is 0 Å². The van der Waals surface area contributed by atoms with Crippen molar-refractivity contribution in [1.29, 1.82) is 0 Å². The molecule has 0 amide bonds. The monoisotopic (exact) mass is 390 g/mol.